The topological polar surface area (TPSA) is 47.3 Å². The molecule has 0 aliphatic carbocycles. The van der Waals surface area contributed by atoms with Crippen molar-refractivity contribution in [3.63, 3.8) is 0 Å². The Bertz CT molecular complexity index is 321. The molecule has 0 amide bonds. The summed E-state index contributed by atoms with van der Waals surface area (Å²) >= 11 is 1.88. The summed E-state index contributed by atoms with van der Waals surface area (Å²) in [5, 5.41) is 0. The van der Waals surface area contributed by atoms with Crippen LogP contribution in [-0.4, -0.2) is 18.8 Å². The lowest BCUT2D eigenvalue weighted by Crippen LogP contribution is -2.46. The molecule has 0 saturated carbocycles. The van der Waals surface area contributed by atoms with Crippen LogP contribution in [0.2, 0.25) is 0 Å². The Morgan fingerprint density at radius 2 is 2.00 bits per heavy atom. The van der Waals surface area contributed by atoms with Crippen LogP contribution in [0.1, 0.15) is 43.4 Å². The maximum absolute atomic E-state index is 5.80. The molecule has 2 atom stereocenters. The van der Waals surface area contributed by atoms with Crippen LogP contribution in [0.5, 0.6) is 0 Å². The Balaban J connectivity index is 2.62. The third-order valence-corrected chi connectivity index (χ3v) is 4.36. The van der Waals surface area contributed by atoms with Gasteiger partial charge in [0.2, 0.25) is 0 Å². The zero-order valence-electron chi connectivity index (χ0n) is 11.7. The van der Waals surface area contributed by atoms with E-state index in [2.05, 4.69) is 31.4 Å². The van der Waals surface area contributed by atoms with Crippen LogP contribution in [-0.2, 0) is 17.6 Å². The maximum Gasteiger partial charge on any atom is 0.0744 e. The van der Waals surface area contributed by atoms with Gasteiger partial charge in [0.05, 0.1) is 12.1 Å². The fraction of sp³-hybridized carbons (Fsp3) is 0.714. The number of hydrogen-bond acceptors (Lipinski definition) is 4. The van der Waals surface area contributed by atoms with Crippen LogP contribution in [0, 0.1) is 0 Å². The van der Waals surface area contributed by atoms with Crippen molar-refractivity contribution in [3.05, 3.63) is 21.9 Å². The Hall–Kier alpha value is -0.420. The van der Waals surface area contributed by atoms with Gasteiger partial charge in [-0.05, 0) is 31.9 Å². The lowest BCUT2D eigenvalue weighted by Gasteiger charge is -2.25. The van der Waals surface area contributed by atoms with E-state index in [4.69, 9.17) is 10.6 Å². The molecule has 0 radical (unpaired) electrons. The van der Waals surface area contributed by atoms with Crippen molar-refractivity contribution in [1.82, 2.24) is 5.43 Å². The molecular formula is C14H26N2OS. The van der Waals surface area contributed by atoms with Gasteiger partial charge in [-0.2, -0.15) is 0 Å². The normalized spacial score (nSPS) is 14.7. The van der Waals surface area contributed by atoms with Gasteiger partial charge in [0.25, 0.3) is 0 Å². The molecule has 1 aromatic heterocycles. The van der Waals surface area contributed by atoms with Crippen molar-refractivity contribution in [1.29, 1.82) is 0 Å². The molecular weight excluding hydrogens is 244 g/mol. The van der Waals surface area contributed by atoms with E-state index >= 15 is 0 Å². The minimum atomic E-state index is 0.202. The molecule has 0 fully saturated rings. The van der Waals surface area contributed by atoms with Gasteiger partial charge in [0.1, 0.15) is 0 Å². The summed E-state index contributed by atoms with van der Waals surface area (Å²) in [4.78, 5) is 2.82. The predicted molar refractivity (Wildman–Crippen MR) is 78.8 cm³/mol. The second kappa shape index (κ2) is 8.64. The Morgan fingerprint density at radius 1 is 1.28 bits per heavy atom. The molecule has 0 aliphatic rings. The molecule has 2 unspecified atom stereocenters. The minimum Gasteiger partial charge on any atom is -0.377 e. The summed E-state index contributed by atoms with van der Waals surface area (Å²) in [7, 11) is 0. The molecule has 104 valence electrons. The largest absolute Gasteiger partial charge is 0.377 e. The zero-order chi connectivity index (χ0) is 13.4. The van der Waals surface area contributed by atoms with Gasteiger partial charge in [-0.25, -0.2) is 0 Å². The van der Waals surface area contributed by atoms with E-state index in [0.29, 0.717) is 0 Å². The first-order chi connectivity index (χ1) is 8.74. The number of hydrazine groups is 1. The van der Waals surface area contributed by atoms with E-state index in [1.807, 2.05) is 18.3 Å². The number of aryl methyl sites for hydroxylation is 1. The summed E-state index contributed by atoms with van der Waals surface area (Å²) in [6.07, 6.45) is 4.43. The van der Waals surface area contributed by atoms with Crippen molar-refractivity contribution in [2.75, 3.05) is 6.61 Å². The van der Waals surface area contributed by atoms with Gasteiger partial charge >= 0.3 is 0 Å². The van der Waals surface area contributed by atoms with E-state index in [0.717, 1.165) is 32.3 Å². The number of ether oxygens (including phenoxy) is 1. The number of nitrogens with two attached hydrogens (primary N) is 1. The van der Waals surface area contributed by atoms with Crippen LogP contribution in [0.3, 0.4) is 0 Å². The predicted octanol–water partition coefficient (Wildman–Crippen LogP) is 2.89. The SMILES string of the molecule is CCCC(OCC)C(Cc1ccc(CC)s1)NN. The number of thiophene rings is 1. The monoisotopic (exact) mass is 270 g/mol. The second-order valence-electron chi connectivity index (χ2n) is 4.48. The van der Waals surface area contributed by atoms with Crippen molar-refractivity contribution < 1.29 is 4.74 Å². The summed E-state index contributed by atoms with van der Waals surface area (Å²) in [6, 6.07) is 4.62. The Labute approximate surface area is 115 Å². The van der Waals surface area contributed by atoms with Crippen molar-refractivity contribution in [2.45, 2.75) is 58.6 Å². The first-order valence-corrected chi connectivity index (χ1v) is 7.72. The van der Waals surface area contributed by atoms with E-state index in [1.165, 1.54) is 9.75 Å². The standard InChI is InChI=1S/C14H26N2OS/c1-4-7-14(17-6-3)13(16-15)10-12-9-8-11(5-2)18-12/h8-9,13-14,16H,4-7,10,15H2,1-3H3. The lowest BCUT2D eigenvalue weighted by molar-refractivity contribution is 0.0283. The zero-order valence-corrected chi connectivity index (χ0v) is 12.6. The van der Waals surface area contributed by atoms with E-state index in [9.17, 15) is 0 Å². The molecule has 4 heteroatoms. The molecule has 1 rings (SSSR count). The van der Waals surface area contributed by atoms with Crippen LogP contribution < -0.4 is 11.3 Å². The van der Waals surface area contributed by atoms with Crippen LogP contribution in [0.4, 0.5) is 0 Å². The molecule has 0 saturated heterocycles. The second-order valence-corrected chi connectivity index (χ2v) is 5.73. The summed E-state index contributed by atoms with van der Waals surface area (Å²) < 4.78 is 5.80. The molecule has 1 aromatic rings. The first-order valence-electron chi connectivity index (χ1n) is 6.90. The van der Waals surface area contributed by atoms with Gasteiger partial charge in [-0.15, -0.1) is 11.3 Å². The number of hydrogen-bond donors (Lipinski definition) is 2. The van der Waals surface area contributed by atoms with Crippen LogP contribution in [0.15, 0.2) is 12.1 Å². The van der Waals surface area contributed by atoms with Gasteiger partial charge in [0.15, 0.2) is 0 Å². The van der Waals surface area contributed by atoms with E-state index < -0.39 is 0 Å². The lowest BCUT2D eigenvalue weighted by atomic mass is 10.0. The highest BCUT2D eigenvalue weighted by Crippen LogP contribution is 2.20. The highest BCUT2D eigenvalue weighted by atomic mass is 32.1. The molecule has 0 bridgehead atoms. The molecule has 18 heavy (non-hydrogen) atoms. The van der Waals surface area contributed by atoms with E-state index in [1.54, 1.807) is 0 Å². The molecule has 3 N–H and O–H groups in total. The highest BCUT2D eigenvalue weighted by Gasteiger charge is 2.21. The third kappa shape index (κ3) is 4.69. The van der Waals surface area contributed by atoms with Crippen molar-refractivity contribution in [3.8, 4) is 0 Å². The fourth-order valence-corrected chi connectivity index (χ4v) is 3.15. The van der Waals surface area contributed by atoms with Gasteiger partial charge in [-0.3, -0.25) is 11.3 Å². The summed E-state index contributed by atoms with van der Waals surface area (Å²) in [5.74, 6) is 5.70. The Morgan fingerprint density at radius 3 is 2.50 bits per heavy atom. The molecule has 0 aliphatic heterocycles. The van der Waals surface area contributed by atoms with Crippen LogP contribution in [0.25, 0.3) is 0 Å². The summed E-state index contributed by atoms with van der Waals surface area (Å²) in [6.45, 7) is 7.15. The highest BCUT2D eigenvalue weighted by molar-refractivity contribution is 7.11. The van der Waals surface area contributed by atoms with Gasteiger partial charge < -0.3 is 4.74 Å². The smallest absolute Gasteiger partial charge is 0.0744 e. The van der Waals surface area contributed by atoms with Gasteiger partial charge in [-0.1, -0.05) is 20.3 Å². The first kappa shape index (κ1) is 15.6. The summed E-state index contributed by atoms with van der Waals surface area (Å²) in [5.41, 5.74) is 2.93. The van der Waals surface area contributed by atoms with Gasteiger partial charge in [0, 0.05) is 22.8 Å². The molecule has 1 heterocycles. The number of rotatable bonds is 9. The van der Waals surface area contributed by atoms with Crippen molar-refractivity contribution >= 4 is 11.3 Å². The Kier molecular flexibility index (Phi) is 7.51. The third-order valence-electron chi connectivity index (χ3n) is 3.10. The van der Waals surface area contributed by atoms with E-state index in [-0.39, 0.29) is 12.1 Å². The molecule has 0 spiro atoms. The maximum atomic E-state index is 5.80. The average molecular weight is 270 g/mol. The van der Waals surface area contributed by atoms with Crippen molar-refractivity contribution in [2.24, 2.45) is 5.84 Å². The molecule has 0 aromatic carbocycles. The average Bonchev–Trinajstić information content (AvgIpc) is 2.83. The fourth-order valence-electron chi connectivity index (χ4n) is 2.14. The van der Waals surface area contributed by atoms with Crippen LogP contribution >= 0.6 is 11.3 Å². The molecule has 3 nitrogen and oxygen atoms in total. The number of nitrogens with one attached hydrogen (secondary N) is 1. The quantitative estimate of drug-likeness (QED) is 0.536. The minimum absolute atomic E-state index is 0.202.